The van der Waals surface area contributed by atoms with E-state index in [0.29, 0.717) is 22.1 Å². The van der Waals surface area contributed by atoms with Crippen molar-refractivity contribution in [2.75, 3.05) is 19.1 Å². The highest BCUT2D eigenvalue weighted by atomic mass is 35.5. The van der Waals surface area contributed by atoms with Crippen LogP contribution >= 0.6 is 11.6 Å². The summed E-state index contributed by atoms with van der Waals surface area (Å²) in [5.41, 5.74) is 4.46. The molecule has 0 saturated heterocycles. The average molecular weight is 394 g/mol. The molecule has 0 radical (unpaired) electrons. The van der Waals surface area contributed by atoms with Crippen LogP contribution in [0.15, 0.2) is 60.7 Å². The SMILES string of the molecule is COc1ccc(C(=O)N2c3cc(Cl)ccc3-c3ccccc3C2C)c(OC)c1. The standard InChI is InChI=1S/C23H20ClNO3/c1-14-17-6-4-5-7-18(17)19-10-8-15(24)12-21(19)25(14)23(26)20-11-9-16(27-2)13-22(20)28-3/h4-14H,1-3H3. The minimum Gasteiger partial charge on any atom is -0.497 e. The maximum Gasteiger partial charge on any atom is 0.262 e. The van der Waals surface area contributed by atoms with E-state index < -0.39 is 0 Å². The molecule has 4 rings (SSSR count). The number of hydrogen-bond donors (Lipinski definition) is 0. The molecule has 4 nitrogen and oxygen atoms in total. The van der Waals surface area contributed by atoms with Crippen LogP contribution in [0.25, 0.3) is 11.1 Å². The van der Waals surface area contributed by atoms with Gasteiger partial charge in [-0.3, -0.25) is 4.79 Å². The lowest BCUT2D eigenvalue weighted by atomic mass is 9.88. The minimum absolute atomic E-state index is 0.148. The molecule has 28 heavy (non-hydrogen) atoms. The van der Waals surface area contributed by atoms with Crippen molar-refractivity contribution >= 4 is 23.2 Å². The molecule has 5 heteroatoms. The van der Waals surface area contributed by atoms with Gasteiger partial charge in [-0.2, -0.15) is 0 Å². The largest absolute Gasteiger partial charge is 0.497 e. The van der Waals surface area contributed by atoms with Gasteiger partial charge in [-0.15, -0.1) is 0 Å². The molecule has 0 aliphatic carbocycles. The quantitative estimate of drug-likeness (QED) is 0.569. The Bertz CT molecular complexity index is 1060. The third kappa shape index (κ3) is 2.90. The van der Waals surface area contributed by atoms with Gasteiger partial charge in [0, 0.05) is 16.7 Å². The smallest absolute Gasteiger partial charge is 0.262 e. The van der Waals surface area contributed by atoms with E-state index in [4.69, 9.17) is 21.1 Å². The zero-order valence-corrected chi connectivity index (χ0v) is 16.7. The zero-order valence-electron chi connectivity index (χ0n) is 15.9. The van der Waals surface area contributed by atoms with Crippen molar-refractivity contribution in [2.45, 2.75) is 13.0 Å². The van der Waals surface area contributed by atoms with Gasteiger partial charge in [-0.05, 0) is 42.3 Å². The number of nitrogens with zero attached hydrogens (tertiary/aromatic N) is 1. The molecule has 1 atom stereocenters. The number of carbonyl (C=O) groups excluding carboxylic acids is 1. The van der Waals surface area contributed by atoms with Crippen molar-refractivity contribution in [1.29, 1.82) is 0 Å². The van der Waals surface area contributed by atoms with E-state index in [1.54, 1.807) is 37.3 Å². The summed E-state index contributed by atoms with van der Waals surface area (Å²) in [6.07, 6.45) is 0. The molecule has 0 saturated carbocycles. The summed E-state index contributed by atoms with van der Waals surface area (Å²) in [6.45, 7) is 2.02. The lowest BCUT2D eigenvalue weighted by molar-refractivity contribution is 0.0975. The molecule has 0 fully saturated rings. The van der Waals surface area contributed by atoms with Gasteiger partial charge in [0.1, 0.15) is 11.5 Å². The molecule has 1 aliphatic heterocycles. The van der Waals surface area contributed by atoms with E-state index in [1.807, 2.05) is 37.3 Å². The van der Waals surface area contributed by atoms with Crippen LogP contribution in [0.1, 0.15) is 28.9 Å². The second kappa shape index (κ2) is 7.21. The van der Waals surface area contributed by atoms with Crippen LogP contribution in [0, 0.1) is 0 Å². The van der Waals surface area contributed by atoms with E-state index in [2.05, 4.69) is 12.1 Å². The number of fused-ring (bicyclic) bond motifs is 3. The van der Waals surface area contributed by atoms with Gasteiger partial charge in [0.05, 0.1) is 31.5 Å². The van der Waals surface area contributed by atoms with Crippen LogP contribution in [0.4, 0.5) is 5.69 Å². The first kappa shape index (κ1) is 18.4. The molecule has 0 N–H and O–H groups in total. The normalized spacial score (nSPS) is 14.9. The molecule has 1 aliphatic rings. The van der Waals surface area contributed by atoms with Crippen LogP contribution in [0.5, 0.6) is 11.5 Å². The van der Waals surface area contributed by atoms with Crippen molar-refractivity contribution in [3.8, 4) is 22.6 Å². The van der Waals surface area contributed by atoms with Crippen LogP contribution in [0.3, 0.4) is 0 Å². The Kier molecular flexibility index (Phi) is 4.73. The van der Waals surface area contributed by atoms with Gasteiger partial charge in [-0.25, -0.2) is 0 Å². The van der Waals surface area contributed by atoms with Crippen molar-refractivity contribution < 1.29 is 14.3 Å². The fraction of sp³-hybridized carbons (Fsp3) is 0.174. The van der Waals surface area contributed by atoms with Gasteiger partial charge >= 0.3 is 0 Å². The van der Waals surface area contributed by atoms with Gasteiger partial charge in [0.15, 0.2) is 0 Å². The number of hydrogen-bond acceptors (Lipinski definition) is 3. The highest BCUT2D eigenvalue weighted by molar-refractivity contribution is 6.31. The summed E-state index contributed by atoms with van der Waals surface area (Å²) >= 11 is 6.29. The molecule has 142 valence electrons. The van der Waals surface area contributed by atoms with Crippen molar-refractivity contribution in [1.82, 2.24) is 0 Å². The van der Waals surface area contributed by atoms with E-state index in [9.17, 15) is 4.79 Å². The Morgan fingerprint density at radius 1 is 0.964 bits per heavy atom. The van der Waals surface area contributed by atoms with Crippen LogP contribution in [-0.2, 0) is 0 Å². The summed E-state index contributed by atoms with van der Waals surface area (Å²) in [5.74, 6) is 0.956. The van der Waals surface area contributed by atoms with Crippen LogP contribution in [-0.4, -0.2) is 20.1 Å². The van der Waals surface area contributed by atoms with Crippen LogP contribution < -0.4 is 14.4 Å². The van der Waals surface area contributed by atoms with E-state index >= 15 is 0 Å². The van der Waals surface area contributed by atoms with Crippen LogP contribution in [0.2, 0.25) is 5.02 Å². The number of anilines is 1. The summed E-state index contributed by atoms with van der Waals surface area (Å²) in [4.78, 5) is 15.4. The van der Waals surface area contributed by atoms with Crippen molar-refractivity contribution in [3.63, 3.8) is 0 Å². The highest BCUT2D eigenvalue weighted by Crippen LogP contribution is 2.46. The van der Waals surface area contributed by atoms with Gasteiger partial charge in [0.25, 0.3) is 5.91 Å². The maximum absolute atomic E-state index is 13.6. The first-order valence-electron chi connectivity index (χ1n) is 8.99. The highest BCUT2D eigenvalue weighted by Gasteiger charge is 2.34. The summed E-state index contributed by atoms with van der Waals surface area (Å²) in [7, 11) is 3.13. The van der Waals surface area contributed by atoms with E-state index in [1.165, 1.54) is 0 Å². The zero-order chi connectivity index (χ0) is 19.8. The molecular weight excluding hydrogens is 374 g/mol. The Balaban J connectivity index is 1.89. The Morgan fingerprint density at radius 3 is 2.50 bits per heavy atom. The first-order valence-corrected chi connectivity index (χ1v) is 9.37. The maximum atomic E-state index is 13.6. The number of methoxy groups -OCH3 is 2. The first-order chi connectivity index (χ1) is 13.5. The van der Waals surface area contributed by atoms with Gasteiger partial charge < -0.3 is 14.4 Å². The Labute approximate surface area is 169 Å². The Morgan fingerprint density at radius 2 is 1.75 bits per heavy atom. The number of carbonyl (C=O) groups is 1. The van der Waals surface area contributed by atoms with Gasteiger partial charge in [-0.1, -0.05) is 41.9 Å². The second-order valence-corrected chi connectivity index (χ2v) is 7.10. The number of benzene rings is 3. The molecule has 0 aromatic heterocycles. The number of ether oxygens (including phenoxy) is 2. The molecular formula is C23H20ClNO3. The summed E-state index contributed by atoms with van der Waals surface area (Å²) in [5, 5.41) is 0.588. The topological polar surface area (TPSA) is 38.8 Å². The number of amides is 1. The fourth-order valence-corrected chi connectivity index (χ4v) is 3.94. The molecule has 1 amide bonds. The molecule has 1 unspecified atom stereocenters. The molecule has 3 aromatic rings. The second-order valence-electron chi connectivity index (χ2n) is 6.67. The number of halogens is 1. The monoisotopic (exact) mass is 393 g/mol. The summed E-state index contributed by atoms with van der Waals surface area (Å²) in [6, 6.07) is 18.9. The molecule has 3 aromatic carbocycles. The summed E-state index contributed by atoms with van der Waals surface area (Å²) < 4.78 is 10.7. The molecule has 0 bridgehead atoms. The van der Waals surface area contributed by atoms with Crippen molar-refractivity contribution in [2.24, 2.45) is 0 Å². The predicted molar refractivity (Wildman–Crippen MR) is 112 cm³/mol. The third-order valence-corrected chi connectivity index (χ3v) is 5.40. The lowest BCUT2D eigenvalue weighted by Gasteiger charge is -2.37. The molecule has 1 heterocycles. The fourth-order valence-electron chi connectivity index (χ4n) is 3.78. The number of rotatable bonds is 3. The average Bonchev–Trinajstić information content (AvgIpc) is 2.73. The van der Waals surface area contributed by atoms with E-state index in [-0.39, 0.29) is 11.9 Å². The van der Waals surface area contributed by atoms with Crippen molar-refractivity contribution in [3.05, 3.63) is 76.8 Å². The third-order valence-electron chi connectivity index (χ3n) is 5.17. The molecule has 0 spiro atoms. The lowest BCUT2D eigenvalue weighted by Crippen LogP contribution is -2.36. The van der Waals surface area contributed by atoms with Gasteiger partial charge in [0.2, 0.25) is 0 Å². The van der Waals surface area contributed by atoms with E-state index in [0.717, 1.165) is 22.4 Å². The predicted octanol–water partition coefficient (Wildman–Crippen LogP) is 5.75. The Hall–Kier alpha value is -2.98. The minimum atomic E-state index is -0.151.